The predicted octanol–water partition coefficient (Wildman–Crippen LogP) is 6.39. The van der Waals surface area contributed by atoms with Crippen molar-refractivity contribution in [2.75, 3.05) is 6.61 Å². The van der Waals surface area contributed by atoms with Gasteiger partial charge in [0.05, 0.1) is 6.04 Å². The van der Waals surface area contributed by atoms with Crippen LogP contribution >= 0.6 is 0 Å². The Hall–Kier alpha value is -3.71. The largest absolute Gasteiger partial charge is 0.457 e. The Bertz CT molecular complexity index is 1360. The van der Waals surface area contributed by atoms with Crippen LogP contribution in [0.1, 0.15) is 68.0 Å². The first kappa shape index (κ1) is 29.3. The number of nitrogens with zero attached hydrogens (tertiary/aromatic N) is 1. The zero-order valence-corrected chi connectivity index (χ0v) is 24.0. The Kier molecular flexibility index (Phi) is 8.94. The minimum atomic E-state index is -1.17. The molecule has 4 rings (SSSR count). The van der Waals surface area contributed by atoms with Gasteiger partial charge < -0.3 is 14.3 Å². The molecule has 1 saturated heterocycles. The summed E-state index contributed by atoms with van der Waals surface area (Å²) in [5, 5.41) is 9.29. The fourth-order valence-electron chi connectivity index (χ4n) is 5.76. The Labute approximate surface area is 236 Å². The summed E-state index contributed by atoms with van der Waals surface area (Å²) in [6.07, 6.45) is 1.22. The van der Waals surface area contributed by atoms with E-state index in [0.29, 0.717) is 25.0 Å². The molecule has 40 heavy (non-hydrogen) atoms. The summed E-state index contributed by atoms with van der Waals surface area (Å²) in [6.45, 7) is 9.51. The number of rotatable bonds is 11. The van der Waals surface area contributed by atoms with E-state index in [0.717, 1.165) is 27.2 Å². The molecule has 2 aromatic carbocycles. The van der Waals surface area contributed by atoms with E-state index in [1.54, 1.807) is 19.9 Å². The van der Waals surface area contributed by atoms with Gasteiger partial charge in [-0.05, 0) is 63.1 Å². The number of hydrogen-bond acceptors (Lipinski definition) is 6. The number of aryl methyl sites for hydroxylation is 2. The molecule has 0 aliphatic carbocycles. The Morgan fingerprint density at radius 1 is 1.02 bits per heavy atom. The summed E-state index contributed by atoms with van der Waals surface area (Å²) in [4.78, 5) is 42.4. The SMILES string of the molecule is Cc1cccc(-c2cc(C(=O)[C@H](Cc3ccccc3)C(=O)N3C(=O)OC(C)(C)[C@@H]3C(C)C)oc2CCCCO)c1. The van der Waals surface area contributed by atoms with Crippen molar-refractivity contribution in [3.8, 4) is 11.1 Å². The zero-order valence-electron chi connectivity index (χ0n) is 24.0. The van der Waals surface area contributed by atoms with Gasteiger partial charge in [-0.15, -0.1) is 0 Å². The number of aliphatic hydroxyl groups excluding tert-OH is 1. The van der Waals surface area contributed by atoms with Gasteiger partial charge in [-0.2, -0.15) is 0 Å². The Balaban J connectivity index is 1.76. The van der Waals surface area contributed by atoms with Gasteiger partial charge in [-0.3, -0.25) is 9.59 Å². The number of carbonyl (C=O) groups is 3. The topological polar surface area (TPSA) is 97.1 Å². The number of benzene rings is 2. The third-order valence-electron chi connectivity index (χ3n) is 7.50. The summed E-state index contributed by atoms with van der Waals surface area (Å²) >= 11 is 0. The second kappa shape index (κ2) is 12.2. The first-order valence-corrected chi connectivity index (χ1v) is 14.0. The van der Waals surface area contributed by atoms with E-state index in [4.69, 9.17) is 9.15 Å². The minimum absolute atomic E-state index is 0.0687. The molecule has 2 atom stereocenters. The number of ether oxygens (including phenoxy) is 1. The monoisotopic (exact) mass is 545 g/mol. The first-order valence-electron chi connectivity index (χ1n) is 14.0. The van der Waals surface area contributed by atoms with Crippen molar-refractivity contribution in [3.05, 3.63) is 83.3 Å². The lowest BCUT2D eigenvalue weighted by molar-refractivity contribution is -0.133. The number of aliphatic hydroxyl groups is 1. The van der Waals surface area contributed by atoms with Crippen LogP contribution in [0.25, 0.3) is 11.1 Å². The lowest BCUT2D eigenvalue weighted by Gasteiger charge is -2.32. The second-order valence-corrected chi connectivity index (χ2v) is 11.5. The van der Waals surface area contributed by atoms with Crippen molar-refractivity contribution in [1.82, 2.24) is 4.90 Å². The lowest BCUT2D eigenvalue weighted by atomic mass is 9.86. The highest BCUT2D eigenvalue weighted by molar-refractivity contribution is 6.12. The van der Waals surface area contributed by atoms with Crippen molar-refractivity contribution < 1.29 is 28.6 Å². The van der Waals surface area contributed by atoms with Crippen molar-refractivity contribution >= 4 is 17.8 Å². The molecule has 2 heterocycles. The van der Waals surface area contributed by atoms with E-state index in [1.165, 1.54) is 0 Å². The molecule has 7 nitrogen and oxygen atoms in total. The van der Waals surface area contributed by atoms with E-state index in [2.05, 4.69) is 0 Å². The molecule has 212 valence electrons. The van der Waals surface area contributed by atoms with E-state index in [1.807, 2.05) is 75.4 Å². The van der Waals surface area contributed by atoms with Gasteiger partial charge in [0, 0.05) is 18.6 Å². The molecule has 1 aliphatic heterocycles. The number of imide groups is 1. The summed E-state index contributed by atoms with van der Waals surface area (Å²) < 4.78 is 11.8. The van der Waals surface area contributed by atoms with Crippen molar-refractivity contribution in [1.29, 1.82) is 0 Å². The number of amides is 2. The highest BCUT2D eigenvalue weighted by atomic mass is 16.6. The number of unbranched alkanes of at least 4 members (excludes halogenated alkanes) is 1. The van der Waals surface area contributed by atoms with Crippen LogP contribution in [0, 0.1) is 18.8 Å². The second-order valence-electron chi connectivity index (χ2n) is 11.5. The van der Waals surface area contributed by atoms with E-state index in [9.17, 15) is 19.5 Å². The molecule has 0 spiro atoms. The van der Waals surface area contributed by atoms with Gasteiger partial charge in [0.1, 0.15) is 17.3 Å². The van der Waals surface area contributed by atoms with Crippen LogP contribution in [0.15, 0.2) is 65.1 Å². The maximum atomic E-state index is 14.2. The van der Waals surface area contributed by atoms with Crippen LogP contribution in [0.3, 0.4) is 0 Å². The smallest absolute Gasteiger partial charge is 0.417 e. The average Bonchev–Trinajstić information content (AvgIpc) is 3.44. The van der Waals surface area contributed by atoms with E-state index in [-0.39, 0.29) is 24.7 Å². The molecule has 1 fully saturated rings. The number of carbonyl (C=O) groups excluding carboxylic acids is 3. The van der Waals surface area contributed by atoms with Gasteiger partial charge >= 0.3 is 6.09 Å². The van der Waals surface area contributed by atoms with Crippen LogP contribution in [-0.2, 0) is 22.4 Å². The number of furan rings is 1. The molecular formula is C33H39NO6. The number of hydrogen-bond donors (Lipinski definition) is 1. The van der Waals surface area contributed by atoms with Crippen molar-refractivity contribution in [2.24, 2.45) is 11.8 Å². The number of ketones is 1. The highest BCUT2D eigenvalue weighted by Crippen LogP contribution is 2.37. The first-order chi connectivity index (χ1) is 19.0. The highest BCUT2D eigenvalue weighted by Gasteiger charge is 2.53. The average molecular weight is 546 g/mol. The summed E-state index contributed by atoms with van der Waals surface area (Å²) in [7, 11) is 0. The van der Waals surface area contributed by atoms with Crippen molar-refractivity contribution in [3.63, 3.8) is 0 Å². The number of cyclic esters (lactones) is 1. The Morgan fingerprint density at radius 2 is 1.75 bits per heavy atom. The van der Waals surface area contributed by atoms with Gasteiger partial charge in [-0.1, -0.05) is 74.0 Å². The molecule has 3 aromatic rings. The fourth-order valence-corrected chi connectivity index (χ4v) is 5.76. The van der Waals surface area contributed by atoms with E-state index >= 15 is 0 Å². The predicted molar refractivity (Wildman–Crippen MR) is 153 cm³/mol. The third kappa shape index (κ3) is 6.20. The molecule has 0 radical (unpaired) electrons. The normalized spacial score (nSPS) is 17.2. The maximum Gasteiger partial charge on any atom is 0.417 e. The molecule has 0 bridgehead atoms. The van der Waals surface area contributed by atoms with E-state index < -0.39 is 35.3 Å². The van der Waals surface area contributed by atoms with Crippen LogP contribution in [0.2, 0.25) is 0 Å². The molecule has 0 saturated carbocycles. The summed E-state index contributed by atoms with van der Waals surface area (Å²) in [5.41, 5.74) is 2.69. The standard InChI is InChI=1S/C33H39NO6/c1-21(2)30-33(4,5)40-32(38)34(30)31(37)26(19-23-13-7-6-8-14-23)29(36)28-20-25(24-15-11-12-22(3)18-24)27(39-28)16-9-10-17-35/h6-8,11-15,18,20-21,26,30,35H,9-10,16-17,19H2,1-5H3/t26-,30-/m0/s1. The molecule has 1 aliphatic rings. The fraction of sp³-hybridized carbons (Fsp3) is 0.424. The molecule has 1 N–H and O–H groups in total. The maximum absolute atomic E-state index is 14.2. The quantitative estimate of drug-likeness (QED) is 0.170. The van der Waals surface area contributed by atoms with Gasteiger partial charge in [0.2, 0.25) is 11.7 Å². The minimum Gasteiger partial charge on any atom is -0.457 e. The lowest BCUT2D eigenvalue weighted by Crippen LogP contribution is -2.51. The van der Waals surface area contributed by atoms with Gasteiger partial charge in [-0.25, -0.2) is 9.69 Å². The molecule has 1 aromatic heterocycles. The van der Waals surface area contributed by atoms with Crippen LogP contribution in [-0.4, -0.2) is 46.0 Å². The summed E-state index contributed by atoms with van der Waals surface area (Å²) in [5.74, 6) is -1.60. The van der Waals surface area contributed by atoms with Crippen LogP contribution < -0.4 is 0 Å². The van der Waals surface area contributed by atoms with Crippen molar-refractivity contribution in [2.45, 2.75) is 71.9 Å². The molecular weight excluding hydrogens is 506 g/mol. The van der Waals surface area contributed by atoms with Crippen LogP contribution in [0.5, 0.6) is 0 Å². The summed E-state index contributed by atoms with van der Waals surface area (Å²) in [6, 6.07) is 18.4. The number of Topliss-reactive ketones (excluding diaryl/α,β-unsaturated/α-hetero) is 1. The molecule has 2 amide bonds. The Morgan fingerprint density at radius 3 is 2.40 bits per heavy atom. The zero-order chi connectivity index (χ0) is 29.0. The third-order valence-corrected chi connectivity index (χ3v) is 7.50. The molecule has 0 unspecified atom stereocenters. The molecule has 7 heteroatoms. The van der Waals surface area contributed by atoms with Crippen LogP contribution in [0.4, 0.5) is 4.79 Å². The van der Waals surface area contributed by atoms with Gasteiger partial charge in [0.25, 0.3) is 0 Å². The van der Waals surface area contributed by atoms with Gasteiger partial charge in [0.15, 0.2) is 5.76 Å².